The highest BCUT2D eigenvalue weighted by Crippen LogP contribution is 2.19. The number of aromatic nitrogens is 1. The maximum absolute atomic E-state index is 11.4. The predicted octanol–water partition coefficient (Wildman–Crippen LogP) is 2.56. The van der Waals surface area contributed by atoms with Crippen LogP contribution in [0.2, 0.25) is 5.15 Å². The van der Waals surface area contributed by atoms with Crippen molar-refractivity contribution >= 4 is 22.4 Å². The molecule has 1 aromatic rings. The molecule has 2 nitrogen and oxygen atoms in total. The molecule has 4 heteroatoms. The van der Waals surface area contributed by atoms with Crippen LogP contribution in [0.4, 0.5) is 0 Å². The number of nitrogens with zero attached hydrogens (tertiary/aromatic N) is 1. The number of halogens is 1. The predicted molar refractivity (Wildman–Crippen MR) is 56.3 cm³/mol. The largest absolute Gasteiger partial charge is 0.259 e. The first kappa shape index (κ1) is 10.7. The van der Waals surface area contributed by atoms with Gasteiger partial charge in [-0.15, -0.1) is 0 Å². The lowest BCUT2D eigenvalue weighted by atomic mass is 10.2. The van der Waals surface area contributed by atoms with Crippen LogP contribution in [-0.4, -0.2) is 14.9 Å². The van der Waals surface area contributed by atoms with E-state index in [1.54, 1.807) is 12.3 Å². The Hall–Kier alpha value is -0.410. The van der Waals surface area contributed by atoms with Crippen LogP contribution in [-0.2, 0) is 10.8 Å². The van der Waals surface area contributed by atoms with Crippen LogP contribution in [0.3, 0.4) is 0 Å². The van der Waals surface area contributed by atoms with E-state index in [9.17, 15) is 4.21 Å². The lowest BCUT2D eigenvalue weighted by molar-refractivity contribution is 0.676. The van der Waals surface area contributed by atoms with Gasteiger partial charge in [-0.2, -0.15) is 0 Å². The van der Waals surface area contributed by atoms with E-state index in [1.165, 1.54) is 0 Å². The second-order valence-electron chi connectivity index (χ2n) is 2.73. The summed E-state index contributed by atoms with van der Waals surface area (Å²) in [5, 5.41) is 0.507. The number of hydrogen-bond donors (Lipinski definition) is 0. The molecule has 0 amide bonds. The molecular weight excluding hydrogens is 206 g/mol. The van der Waals surface area contributed by atoms with Crippen molar-refractivity contribution in [3.63, 3.8) is 0 Å². The van der Waals surface area contributed by atoms with E-state index < -0.39 is 10.8 Å². The average Bonchev–Trinajstić information content (AvgIpc) is 2.17. The first-order chi connectivity index (χ1) is 6.15. The van der Waals surface area contributed by atoms with E-state index in [-0.39, 0.29) is 5.25 Å². The Kier molecular flexibility index (Phi) is 3.88. The van der Waals surface area contributed by atoms with E-state index >= 15 is 0 Å². The van der Waals surface area contributed by atoms with Crippen molar-refractivity contribution in [1.29, 1.82) is 0 Å². The SMILES string of the molecule is CCS(=O)C(C)c1ccc(Cl)nc1. The normalized spacial score (nSPS) is 15.3. The van der Waals surface area contributed by atoms with Gasteiger partial charge in [0.25, 0.3) is 0 Å². The van der Waals surface area contributed by atoms with Crippen molar-refractivity contribution in [2.75, 3.05) is 5.75 Å². The van der Waals surface area contributed by atoms with E-state index in [0.29, 0.717) is 10.9 Å². The molecule has 72 valence electrons. The van der Waals surface area contributed by atoms with Gasteiger partial charge >= 0.3 is 0 Å². The zero-order valence-corrected chi connectivity index (χ0v) is 9.23. The molecule has 0 saturated carbocycles. The van der Waals surface area contributed by atoms with Gasteiger partial charge in [0.2, 0.25) is 0 Å². The summed E-state index contributed by atoms with van der Waals surface area (Å²) in [6.45, 7) is 3.85. The van der Waals surface area contributed by atoms with Crippen LogP contribution in [0.5, 0.6) is 0 Å². The topological polar surface area (TPSA) is 30.0 Å². The van der Waals surface area contributed by atoms with Crippen molar-refractivity contribution in [1.82, 2.24) is 4.98 Å². The van der Waals surface area contributed by atoms with Gasteiger partial charge in [0, 0.05) is 22.7 Å². The van der Waals surface area contributed by atoms with Gasteiger partial charge < -0.3 is 0 Å². The molecule has 0 N–H and O–H groups in total. The Labute approximate surface area is 85.8 Å². The fourth-order valence-corrected chi connectivity index (χ4v) is 2.08. The van der Waals surface area contributed by atoms with Gasteiger partial charge in [-0.1, -0.05) is 24.6 Å². The monoisotopic (exact) mass is 217 g/mol. The lowest BCUT2D eigenvalue weighted by Crippen LogP contribution is -2.04. The summed E-state index contributed by atoms with van der Waals surface area (Å²) in [5.41, 5.74) is 0.976. The standard InChI is InChI=1S/C9H12ClNOS/c1-3-13(12)7(2)8-4-5-9(10)11-6-8/h4-7H,3H2,1-2H3. The Morgan fingerprint density at radius 2 is 2.31 bits per heavy atom. The van der Waals surface area contributed by atoms with Crippen LogP contribution >= 0.6 is 11.6 Å². The van der Waals surface area contributed by atoms with Crippen LogP contribution in [0.25, 0.3) is 0 Å². The molecule has 0 aliphatic carbocycles. The third-order valence-corrected chi connectivity index (χ3v) is 3.75. The minimum Gasteiger partial charge on any atom is -0.259 e. The van der Waals surface area contributed by atoms with E-state index in [4.69, 9.17) is 11.6 Å². The van der Waals surface area contributed by atoms with E-state index in [2.05, 4.69) is 4.98 Å². The summed E-state index contributed by atoms with van der Waals surface area (Å²) >= 11 is 5.64. The molecule has 0 aliphatic heterocycles. The first-order valence-electron chi connectivity index (χ1n) is 4.13. The molecule has 1 aromatic heterocycles. The maximum atomic E-state index is 11.4. The highest BCUT2D eigenvalue weighted by molar-refractivity contribution is 7.85. The van der Waals surface area contributed by atoms with Crippen molar-refractivity contribution in [2.45, 2.75) is 19.1 Å². The Balaban J connectivity index is 2.83. The summed E-state index contributed by atoms with van der Waals surface area (Å²) < 4.78 is 11.4. The minimum absolute atomic E-state index is 0.0368. The summed E-state index contributed by atoms with van der Waals surface area (Å²) in [7, 11) is -0.812. The summed E-state index contributed by atoms with van der Waals surface area (Å²) in [5.74, 6) is 0.670. The second-order valence-corrected chi connectivity index (χ2v) is 5.16. The highest BCUT2D eigenvalue weighted by Gasteiger charge is 2.11. The Bertz CT molecular complexity index is 299. The number of rotatable bonds is 3. The summed E-state index contributed by atoms with van der Waals surface area (Å²) in [4.78, 5) is 3.95. The van der Waals surface area contributed by atoms with Gasteiger partial charge in [-0.3, -0.25) is 4.21 Å². The molecule has 0 saturated heterocycles. The van der Waals surface area contributed by atoms with Gasteiger partial charge in [-0.25, -0.2) is 4.98 Å². The van der Waals surface area contributed by atoms with E-state index in [1.807, 2.05) is 19.9 Å². The second kappa shape index (κ2) is 4.72. The minimum atomic E-state index is -0.812. The van der Waals surface area contributed by atoms with Crippen molar-refractivity contribution < 1.29 is 4.21 Å². The molecule has 0 aromatic carbocycles. The molecule has 0 radical (unpaired) electrons. The quantitative estimate of drug-likeness (QED) is 0.729. The summed E-state index contributed by atoms with van der Waals surface area (Å²) in [6, 6.07) is 3.59. The molecule has 13 heavy (non-hydrogen) atoms. The van der Waals surface area contributed by atoms with Crippen LogP contribution in [0.1, 0.15) is 24.7 Å². The smallest absolute Gasteiger partial charge is 0.129 e. The Morgan fingerprint density at radius 1 is 1.62 bits per heavy atom. The van der Waals surface area contributed by atoms with Gasteiger partial charge in [0.15, 0.2) is 0 Å². The fourth-order valence-electron chi connectivity index (χ4n) is 1.03. The summed E-state index contributed by atoms with van der Waals surface area (Å²) in [6.07, 6.45) is 1.68. The van der Waals surface area contributed by atoms with Gasteiger partial charge in [-0.05, 0) is 18.6 Å². The van der Waals surface area contributed by atoms with Crippen LogP contribution in [0, 0.1) is 0 Å². The van der Waals surface area contributed by atoms with Crippen LogP contribution < -0.4 is 0 Å². The third kappa shape index (κ3) is 2.78. The molecule has 0 bridgehead atoms. The Morgan fingerprint density at radius 3 is 2.77 bits per heavy atom. The van der Waals surface area contributed by atoms with Crippen molar-refractivity contribution in [3.8, 4) is 0 Å². The maximum Gasteiger partial charge on any atom is 0.129 e. The third-order valence-electron chi connectivity index (χ3n) is 1.90. The van der Waals surface area contributed by atoms with Gasteiger partial charge in [0.1, 0.15) is 5.15 Å². The molecule has 0 fully saturated rings. The van der Waals surface area contributed by atoms with Crippen molar-refractivity contribution in [2.24, 2.45) is 0 Å². The lowest BCUT2D eigenvalue weighted by Gasteiger charge is -2.09. The fraction of sp³-hybridized carbons (Fsp3) is 0.444. The number of hydrogen-bond acceptors (Lipinski definition) is 2. The number of pyridine rings is 1. The van der Waals surface area contributed by atoms with Crippen LogP contribution in [0.15, 0.2) is 18.3 Å². The molecule has 0 spiro atoms. The van der Waals surface area contributed by atoms with E-state index in [0.717, 1.165) is 5.56 Å². The molecule has 1 rings (SSSR count). The van der Waals surface area contributed by atoms with Crippen molar-refractivity contribution in [3.05, 3.63) is 29.0 Å². The molecule has 2 unspecified atom stereocenters. The molecule has 2 atom stereocenters. The first-order valence-corrected chi connectivity index (χ1v) is 5.89. The molecular formula is C9H12ClNOS. The highest BCUT2D eigenvalue weighted by atomic mass is 35.5. The zero-order chi connectivity index (χ0) is 9.84. The zero-order valence-electron chi connectivity index (χ0n) is 7.66. The molecule has 1 heterocycles. The average molecular weight is 218 g/mol. The molecule has 0 aliphatic rings. The van der Waals surface area contributed by atoms with Gasteiger partial charge in [0.05, 0.1) is 5.25 Å².